The lowest BCUT2D eigenvalue weighted by atomic mass is 10.1. The normalized spacial score (nSPS) is 22.2. The van der Waals surface area contributed by atoms with E-state index in [4.69, 9.17) is 63.3 Å². The highest BCUT2D eigenvalue weighted by Gasteiger charge is 2.67. The molecular formula is C21H14Cl5N3O2. The number of nitriles is 1. The fourth-order valence-electron chi connectivity index (χ4n) is 3.44. The molecule has 2 fully saturated rings. The first-order chi connectivity index (χ1) is 14.6. The van der Waals surface area contributed by atoms with Crippen LogP contribution in [0.5, 0.6) is 0 Å². The zero-order valence-corrected chi connectivity index (χ0v) is 19.5. The van der Waals surface area contributed by atoms with Crippen molar-refractivity contribution in [1.29, 1.82) is 5.26 Å². The first-order valence-corrected chi connectivity index (χ1v) is 11.1. The van der Waals surface area contributed by atoms with Gasteiger partial charge in [0.05, 0.1) is 32.6 Å². The first-order valence-electron chi connectivity index (χ1n) is 9.25. The summed E-state index contributed by atoms with van der Waals surface area (Å²) in [5, 5.41) is 15.5. The molecule has 2 aliphatic carbocycles. The van der Waals surface area contributed by atoms with Gasteiger partial charge in [-0.3, -0.25) is 9.59 Å². The van der Waals surface area contributed by atoms with E-state index in [-0.39, 0.29) is 10.6 Å². The zero-order chi connectivity index (χ0) is 22.6. The van der Waals surface area contributed by atoms with Crippen LogP contribution in [0, 0.1) is 17.2 Å². The maximum Gasteiger partial charge on any atom is 0.254 e. The van der Waals surface area contributed by atoms with Gasteiger partial charge in [0.15, 0.2) is 0 Å². The van der Waals surface area contributed by atoms with E-state index in [9.17, 15) is 9.59 Å². The van der Waals surface area contributed by atoms with Crippen molar-refractivity contribution in [2.45, 2.75) is 28.6 Å². The van der Waals surface area contributed by atoms with E-state index in [0.717, 1.165) is 0 Å². The van der Waals surface area contributed by atoms with Crippen LogP contribution in [0.3, 0.4) is 0 Å². The maximum atomic E-state index is 12.9. The average molecular weight is 518 g/mol. The number of halogens is 5. The first kappa shape index (κ1) is 22.5. The number of benzene rings is 2. The number of hydrogen-bond donors (Lipinski definition) is 2. The highest BCUT2D eigenvalue weighted by Crippen LogP contribution is 2.65. The summed E-state index contributed by atoms with van der Waals surface area (Å²) in [5.41, 5.74) is 0.366. The summed E-state index contributed by atoms with van der Waals surface area (Å²) in [6.07, 6.45) is 1.18. The number of anilines is 1. The summed E-state index contributed by atoms with van der Waals surface area (Å²) in [6, 6.07) is 11.6. The fraction of sp³-hybridized carbons (Fsp3) is 0.286. The SMILES string of the molecule is N#CC1(NC(=O)c2cc(NC(=O)[C@H]3[C@H](c4ccc(Cl)c(Cl)c4)C3(Cl)Cl)ccc2Cl)CC1. The number of hydrogen-bond acceptors (Lipinski definition) is 3. The summed E-state index contributed by atoms with van der Waals surface area (Å²) < 4.78 is -1.31. The Morgan fingerprint density at radius 1 is 1.00 bits per heavy atom. The molecule has 4 rings (SSSR count). The molecule has 0 saturated heterocycles. The molecule has 0 radical (unpaired) electrons. The van der Waals surface area contributed by atoms with Gasteiger partial charge in [-0.05, 0) is 48.7 Å². The van der Waals surface area contributed by atoms with E-state index in [1.165, 1.54) is 12.1 Å². The molecule has 0 aromatic heterocycles. The molecule has 2 saturated carbocycles. The Morgan fingerprint density at radius 2 is 1.68 bits per heavy atom. The lowest BCUT2D eigenvalue weighted by Crippen LogP contribution is -2.35. The van der Waals surface area contributed by atoms with Gasteiger partial charge in [-0.15, -0.1) is 23.2 Å². The van der Waals surface area contributed by atoms with Crippen LogP contribution in [0.15, 0.2) is 36.4 Å². The van der Waals surface area contributed by atoms with Gasteiger partial charge >= 0.3 is 0 Å². The number of carbonyl (C=O) groups is 2. The topological polar surface area (TPSA) is 82.0 Å². The van der Waals surface area contributed by atoms with E-state index in [1.807, 2.05) is 0 Å². The zero-order valence-electron chi connectivity index (χ0n) is 15.7. The van der Waals surface area contributed by atoms with Crippen LogP contribution in [-0.4, -0.2) is 21.7 Å². The second-order valence-electron chi connectivity index (χ2n) is 7.64. The summed E-state index contributed by atoms with van der Waals surface area (Å²) in [6.45, 7) is 0. The number of amides is 2. The molecule has 10 heteroatoms. The summed E-state index contributed by atoms with van der Waals surface area (Å²) in [7, 11) is 0. The van der Waals surface area contributed by atoms with Crippen molar-refractivity contribution in [3.63, 3.8) is 0 Å². The Bertz CT molecular complexity index is 1140. The van der Waals surface area contributed by atoms with Gasteiger partial charge in [0, 0.05) is 11.6 Å². The van der Waals surface area contributed by atoms with E-state index in [2.05, 4.69) is 16.7 Å². The lowest BCUT2D eigenvalue weighted by Gasteiger charge is -2.12. The van der Waals surface area contributed by atoms with Crippen LogP contribution in [0.1, 0.15) is 34.7 Å². The number of alkyl halides is 2. The Kier molecular flexibility index (Phi) is 5.83. The van der Waals surface area contributed by atoms with Crippen molar-refractivity contribution < 1.29 is 9.59 Å². The van der Waals surface area contributed by atoms with Crippen LogP contribution >= 0.6 is 58.0 Å². The van der Waals surface area contributed by atoms with Crippen molar-refractivity contribution >= 4 is 75.5 Å². The minimum absolute atomic E-state index is 0.154. The molecule has 2 atom stereocenters. The molecule has 0 aliphatic heterocycles. The Balaban J connectivity index is 1.50. The minimum Gasteiger partial charge on any atom is -0.334 e. The summed E-state index contributed by atoms with van der Waals surface area (Å²) in [5.74, 6) is -2.09. The molecule has 2 N–H and O–H groups in total. The van der Waals surface area contributed by atoms with Crippen molar-refractivity contribution in [2.24, 2.45) is 5.92 Å². The molecule has 2 aliphatic rings. The summed E-state index contributed by atoms with van der Waals surface area (Å²) in [4.78, 5) is 25.4. The Morgan fingerprint density at radius 3 is 2.29 bits per heavy atom. The predicted octanol–water partition coefficient (Wildman–Crippen LogP) is 5.96. The van der Waals surface area contributed by atoms with Gasteiger partial charge in [-0.25, -0.2) is 0 Å². The van der Waals surface area contributed by atoms with Gasteiger partial charge in [-0.2, -0.15) is 5.26 Å². The third kappa shape index (κ3) is 4.33. The van der Waals surface area contributed by atoms with Crippen LogP contribution in [-0.2, 0) is 4.79 Å². The number of nitrogens with zero attached hydrogens (tertiary/aromatic N) is 1. The monoisotopic (exact) mass is 515 g/mol. The third-order valence-electron chi connectivity index (χ3n) is 5.43. The van der Waals surface area contributed by atoms with Gasteiger partial charge in [-0.1, -0.05) is 40.9 Å². The van der Waals surface area contributed by atoms with E-state index >= 15 is 0 Å². The van der Waals surface area contributed by atoms with Crippen LogP contribution in [0.4, 0.5) is 5.69 Å². The molecule has 0 spiro atoms. The van der Waals surface area contributed by atoms with E-state index in [0.29, 0.717) is 34.1 Å². The molecule has 2 aromatic carbocycles. The minimum atomic E-state index is -1.31. The Hall–Kier alpha value is -1.68. The third-order valence-corrected chi connectivity index (χ3v) is 7.44. The standard InChI is InChI=1S/C21H14Cl5N3O2/c22-13-4-2-11(8-12(13)18(30)29-20(9-27)5-6-20)28-19(31)17-16(21(17,25)26)10-1-3-14(23)15(24)7-10/h1-4,7-8,16-17H,5-6H2,(H,28,31)(H,29,30)/t16-,17+/m0/s1. The van der Waals surface area contributed by atoms with Crippen molar-refractivity contribution in [3.05, 3.63) is 62.6 Å². The van der Waals surface area contributed by atoms with Crippen LogP contribution < -0.4 is 10.6 Å². The molecule has 31 heavy (non-hydrogen) atoms. The molecule has 5 nitrogen and oxygen atoms in total. The van der Waals surface area contributed by atoms with Gasteiger partial charge in [0.2, 0.25) is 5.91 Å². The highest BCUT2D eigenvalue weighted by molar-refractivity contribution is 6.53. The quantitative estimate of drug-likeness (QED) is 0.480. The van der Waals surface area contributed by atoms with Gasteiger partial charge in [0.1, 0.15) is 9.87 Å². The summed E-state index contributed by atoms with van der Waals surface area (Å²) >= 11 is 30.9. The second-order valence-corrected chi connectivity index (χ2v) is 10.3. The molecule has 2 aromatic rings. The van der Waals surface area contributed by atoms with Gasteiger partial charge in [0.25, 0.3) is 5.91 Å². The second kappa shape index (κ2) is 8.03. The van der Waals surface area contributed by atoms with Crippen LogP contribution in [0.25, 0.3) is 0 Å². The fourth-order valence-corrected chi connectivity index (χ4v) is 4.78. The molecular weight excluding hydrogens is 504 g/mol. The smallest absolute Gasteiger partial charge is 0.254 e. The molecule has 2 amide bonds. The largest absolute Gasteiger partial charge is 0.334 e. The maximum absolute atomic E-state index is 12.9. The number of rotatable bonds is 5. The average Bonchev–Trinajstić information content (AvgIpc) is 3.60. The van der Waals surface area contributed by atoms with Crippen LogP contribution in [0.2, 0.25) is 15.1 Å². The van der Waals surface area contributed by atoms with E-state index in [1.54, 1.807) is 24.3 Å². The van der Waals surface area contributed by atoms with E-state index < -0.39 is 33.5 Å². The predicted molar refractivity (Wildman–Crippen MR) is 122 cm³/mol. The number of nitrogens with one attached hydrogen (secondary N) is 2. The molecule has 0 heterocycles. The van der Waals surface area contributed by atoms with Crippen molar-refractivity contribution in [3.8, 4) is 6.07 Å². The molecule has 0 bridgehead atoms. The van der Waals surface area contributed by atoms with Gasteiger partial charge < -0.3 is 10.6 Å². The van der Waals surface area contributed by atoms with Crippen molar-refractivity contribution in [1.82, 2.24) is 5.32 Å². The molecule has 0 unspecified atom stereocenters. The number of carbonyl (C=O) groups excluding carboxylic acids is 2. The molecule has 160 valence electrons. The Labute approximate surface area is 203 Å². The lowest BCUT2D eigenvalue weighted by molar-refractivity contribution is -0.117. The van der Waals surface area contributed by atoms with Crippen molar-refractivity contribution in [2.75, 3.05) is 5.32 Å². The highest BCUT2D eigenvalue weighted by atomic mass is 35.5.